The fourth-order valence-corrected chi connectivity index (χ4v) is 3.95. The molecule has 0 saturated heterocycles. The molecule has 0 bridgehead atoms. The molecule has 4 rings (SSSR count). The Morgan fingerprint density at radius 1 is 1.34 bits per heavy atom. The fourth-order valence-electron chi connectivity index (χ4n) is 3.95. The number of hydrogen-bond donors (Lipinski definition) is 1. The van der Waals surface area contributed by atoms with Crippen LogP contribution >= 0.6 is 0 Å². The summed E-state index contributed by atoms with van der Waals surface area (Å²) < 4.78 is 19.5. The smallest absolute Gasteiger partial charge is 0.212 e. The molecular formula is C28H28FN5O. The first-order chi connectivity index (χ1) is 17.0. The number of aromatic amines is 1. The third-order valence-electron chi connectivity index (χ3n) is 5.92. The van der Waals surface area contributed by atoms with Crippen molar-refractivity contribution in [3.63, 3.8) is 0 Å². The predicted octanol–water partition coefficient (Wildman–Crippen LogP) is 5.72. The highest BCUT2D eigenvalue weighted by Gasteiger charge is 2.13. The van der Waals surface area contributed by atoms with Gasteiger partial charge in [-0.2, -0.15) is 5.26 Å². The molecule has 7 heteroatoms. The maximum atomic E-state index is 14.0. The summed E-state index contributed by atoms with van der Waals surface area (Å²) in [6.45, 7) is 8.31. The Kier molecular flexibility index (Phi) is 7.86. The number of aryl methyl sites for hydroxylation is 1. The number of nitrogens with zero attached hydrogens (tertiary/aromatic N) is 4. The van der Waals surface area contributed by atoms with Crippen LogP contribution in [0, 0.1) is 24.1 Å². The van der Waals surface area contributed by atoms with Crippen molar-refractivity contribution in [1.82, 2.24) is 14.9 Å². The van der Waals surface area contributed by atoms with Crippen LogP contribution < -0.4 is 0 Å². The van der Waals surface area contributed by atoms with Crippen LogP contribution in [0.15, 0.2) is 77.2 Å². The van der Waals surface area contributed by atoms with E-state index in [1.54, 1.807) is 18.2 Å². The largest absolute Gasteiger partial charge is 0.473 e. The van der Waals surface area contributed by atoms with Gasteiger partial charge in [-0.1, -0.05) is 35.9 Å². The number of fused-ring (bicyclic) bond motifs is 1. The van der Waals surface area contributed by atoms with Gasteiger partial charge >= 0.3 is 0 Å². The summed E-state index contributed by atoms with van der Waals surface area (Å²) in [5.41, 5.74) is 5.35. The van der Waals surface area contributed by atoms with Gasteiger partial charge in [-0.25, -0.2) is 14.4 Å². The third-order valence-corrected chi connectivity index (χ3v) is 5.92. The number of nitrogens with one attached hydrogen (secondary N) is 1. The summed E-state index contributed by atoms with van der Waals surface area (Å²) in [4.78, 5) is 14.4. The molecule has 1 aliphatic rings. The van der Waals surface area contributed by atoms with Crippen molar-refractivity contribution in [2.24, 2.45) is 4.99 Å². The lowest BCUT2D eigenvalue weighted by molar-refractivity contribution is 0.194. The van der Waals surface area contributed by atoms with Gasteiger partial charge in [-0.15, -0.1) is 0 Å². The van der Waals surface area contributed by atoms with E-state index in [1.165, 1.54) is 17.2 Å². The van der Waals surface area contributed by atoms with E-state index in [9.17, 15) is 4.39 Å². The molecule has 1 aliphatic heterocycles. The first-order valence-corrected chi connectivity index (χ1v) is 11.5. The second-order valence-electron chi connectivity index (χ2n) is 8.55. The van der Waals surface area contributed by atoms with Crippen LogP contribution in [0.25, 0.3) is 11.0 Å². The van der Waals surface area contributed by atoms with E-state index in [2.05, 4.69) is 58.9 Å². The predicted molar refractivity (Wildman–Crippen MR) is 136 cm³/mol. The zero-order valence-electron chi connectivity index (χ0n) is 19.8. The second kappa shape index (κ2) is 11.4. The molecule has 3 aromatic rings. The number of aromatic nitrogens is 2. The van der Waals surface area contributed by atoms with E-state index < -0.39 is 5.82 Å². The molecule has 0 atom stereocenters. The highest BCUT2D eigenvalue weighted by molar-refractivity contribution is 5.75. The minimum atomic E-state index is -0.475. The Labute approximate surface area is 204 Å². The lowest BCUT2D eigenvalue weighted by Gasteiger charge is -2.25. The van der Waals surface area contributed by atoms with Crippen molar-refractivity contribution in [1.29, 1.82) is 5.26 Å². The monoisotopic (exact) mass is 469 g/mol. The number of nitriles is 1. The molecule has 0 saturated carbocycles. The van der Waals surface area contributed by atoms with Crippen LogP contribution in [0.4, 0.5) is 4.39 Å². The highest BCUT2D eigenvalue weighted by Crippen LogP contribution is 2.19. The van der Waals surface area contributed by atoms with Crippen LogP contribution in [0.2, 0.25) is 0 Å². The standard InChI is InChI=1S/C28H28FN5O/c1-20-7-10-25-26(15-20)33-27(32-25)18-34-13-11-21(12-14-34)5-3-4-6-28(31-2)35-19-23-9-8-22(17-30)16-24(23)29/h3-4,6-11,15-16H,2,5,12-14,18-19H2,1H3,(H,32,33)/b4-3-,28-6+. The van der Waals surface area contributed by atoms with Crippen LogP contribution in [0.1, 0.15) is 35.4 Å². The third kappa shape index (κ3) is 6.52. The maximum absolute atomic E-state index is 14.0. The normalized spacial score (nSPS) is 14.8. The molecule has 1 aromatic heterocycles. The van der Waals surface area contributed by atoms with E-state index >= 15 is 0 Å². The van der Waals surface area contributed by atoms with Gasteiger partial charge < -0.3 is 9.72 Å². The molecule has 2 aromatic carbocycles. The lowest BCUT2D eigenvalue weighted by atomic mass is 10.0. The number of hydrogen-bond acceptors (Lipinski definition) is 5. The zero-order chi connectivity index (χ0) is 24.6. The van der Waals surface area contributed by atoms with Crippen LogP contribution in [-0.2, 0) is 17.9 Å². The number of allylic oxidation sites excluding steroid dienone is 3. The molecule has 2 heterocycles. The maximum Gasteiger partial charge on any atom is 0.212 e. The number of imidazole rings is 1. The highest BCUT2D eigenvalue weighted by atomic mass is 19.1. The minimum absolute atomic E-state index is 0.0159. The molecule has 0 aliphatic carbocycles. The molecule has 0 fully saturated rings. The van der Waals surface area contributed by atoms with Crippen molar-refractivity contribution < 1.29 is 9.13 Å². The Morgan fingerprint density at radius 2 is 2.23 bits per heavy atom. The van der Waals surface area contributed by atoms with Crippen LogP contribution in [0.5, 0.6) is 0 Å². The van der Waals surface area contributed by atoms with E-state index in [1.807, 2.05) is 12.1 Å². The molecule has 6 nitrogen and oxygen atoms in total. The van der Waals surface area contributed by atoms with Gasteiger partial charge in [-0.3, -0.25) is 4.90 Å². The SMILES string of the molecule is C=N/C(=C\C=C/CC1=CCN(Cc2nc3ccc(C)cc3[nH]2)CC1)OCc1ccc(C#N)cc1F. The lowest BCUT2D eigenvalue weighted by Crippen LogP contribution is -2.28. The van der Waals surface area contributed by atoms with Crippen molar-refractivity contribution in [3.8, 4) is 6.07 Å². The van der Waals surface area contributed by atoms with Crippen molar-refractivity contribution in [3.05, 3.63) is 100 Å². The number of H-pyrrole nitrogens is 1. The van der Waals surface area contributed by atoms with Gasteiger partial charge in [-0.05, 0) is 62.4 Å². The Balaban J connectivity index is 1.25. The number of ether oxygens (including phenoxy) is 1. The second-order valence-corrected chi connectivity index (χ2v) is 8.55. The summed E-state index contributed by atoms with van der Waals surface area (Å²) >= 11 is 0. The molecular weight excluding hydrogens is 441 g/mol. The zero-order valence-corrected chi connectivity index (χ0v) is 19.8. The van der Waals surface area contributed by atoms with E-state index in [0.717, 1.165) is 49.3 Å². The van der Waals surface area contributed by atoms with Gasteiger partial charge in [0, 0.05) is 18.7 Å². The Hall–Kier alpha value is -4.02. The number of rotatable bonds is 9. The molecule has 0 amide bonds. The summed E-state index contributed by atoms with van der Waals surface area (Å²) in [7, 11) is 0. The van der Waals surface area contributed by atoms with Gasteiger partial charge in [0.2, 0.25) is 5.88 Å². The summed E-state index contributed by atoms with van der Waals surface area (Å²) in [6.07, 6.45) is 9.79. The van der Waals surface area contributed by atoms with Crippen molar-refractivity contribution in [2.45, 2.75) is 32.9 Å². The van der Waals surface area contributed by atoms with Crippen LogP contribution in [0.3, 0.4) is 0 Å². The van der Waals surface area contributed by atoms with Crippen molar-refractivity contribution in [2.75, 3.05) is 13.1 Å². The van der Waals surface area contributed by atoms with E-state index in [0.29, 0.717) is 11.4 Å². The minimum Gasteiger partial charge on any atom is -0.473 e. The van der Waals surface area contributed by atoms with Crippen molar-refractivity contribution >= 4 is 17.8 Å². The first kappa shape index (κ1) is 24.1. The van der Waals surface area contributed by atoms with Crippen LogP contribution in [-0.4, -0.2) is 34.7 Å². The molecule has 35 heavy (non-hydrogen) atoms. The topological polar surface area (TPSA) is 77.3 Å². The Morgan fingerprint density at radius 3 is 2.97 bits per heavy atom. The van der Waals surface area contributed by atoms with Gasteiger partial charge in [0.1, 0.15) is 18.2 Å². The van der Waals surface area contributed by atoms with Gasteiger partial charge in [0.15, 0.2) is 0 Å². The average molecular weight is 470 g/mol. The molecule has 0 radical (unpaired) electrons. The fraction of sp³-hybridized carbons (Fsp3) is 0.250. The molecule has 1 N–H and O–H groups in total. The van der Waals surface area contributed by atoms with Gasteiger partial charge in [0.05, 0.1) is 29.2 Å². The average Bonchev–Trinajstić information content (AvgIpc) is 3.26. The summed E-state index contributed by atoms with van der Waals surface area (Å²) in [5, 5.41) is 8.83. The number of halogens is 1. The molecule has 0 unspecified atom stereocenters. The first-order valence-electron chi connectivity index (χ1n) is 11.5. The number of benzene rings is 2. The summed E-state index contributed by atoms with van der Waals surface area (Å²) in [5.74, 6) is 0.837. The Bertz CT molecular complexity index is 1350. The molecule has 178 valence electrons. The van der Waals surface area contributed by atoms with Gasteiger partial charge in [0.25, 0.3) is 0 Å². The number of aliphatic imine (C=N–C) groups is 1. The quantitative estimate of drug-likeness (QED) is 0.188. The van der Waals surface area contributed by atoms with E-state index in [-0.39, 0.29) is 12.2 Å². The summed E-state index contributed by atoms with van der Waals surface area (Å²) in [6, 6.07) is 12.5. The van der Waals surface area contributed by atoms with E-state index in [4.69, 9.17) is 15.0 Å². The molecule has 0 spiro atoms.